The summed E-state index contributed by atoms with van der Waals surface area (Å²) in [7, 11) is 0. The lowest BCUT2D eigenvalue weighted by atomic mass is 10.4. The first-order chi connectivity index (χ1) is 5.52. The van der Waals surface area contributed by atoms with Crippen LogP contribution in [0.5, 0.6) is 0 Å². The van der Waals surface area contributed by atoms with Crippen molar-refractivity contribution in [3.05, 3.63) is 21.1 Å². The van der Waals surface area contributed by atoms with Crippen molar-refractivity contribution in [2.75, 3.05) is 5.73 Å². The zero-order chi connectivity index (χ0) is 9.30. The zero-order valence-electron chi connectivity index (χ0n) is 5.67. The van der Waals surface area contributed by atoms with Crippen molar-refractivity contribution in [2.24, 2.45) is 0 Å². The Labute approximate surface area is 71.0 Å². The van der Waals surface area contributed by atoms with Crippen LogP contribution in [-0.4, -0.2) is 21.0 Å². The average Bonchev–Trinajstić information content (AvgIpc) is 1.96. The summed E-state index contributed by atoms with van der Waals surface area (Å²) in [6, 6.07) is 0. The Morgan fingerprint density at radius 1 is 1.67 bits per heavy atom. The number of aromatic nitrogens is 2. The highest BCUT2D eigenvalue weighted by Gasteiger charge is 2.14. The van der Waals surface area contributed by atoms with Crippen molar-refractivity contribution in [2.45, 2.75) is 0 Å². The van der Waals surface area contributed by atoms with Crippen LogP contribution in [0.3, 0.4) is 0 Å². The number of hydrogen-bond acceptors (Lipinski definition) is 4. The lowest BCUT2D eigenvalue weighted by molar-refractivity contribution is 0.0690. The van der Waals surface area contributed by atoms with E-state index in [-0.39, 0.29) is 5.95 Å². The van der Waals surface area contributed by atoms with Crippen molar-refractivity contribution in [3.8, 4) is 0 Å². The molecule has 4 N–H and O–H groups in total. The van der Waals surface area contributed by atoms with Crippen LogP contribution in [0.2, 0.25) is 5.02 Å². The SMILES string of the molecule is Nc1nc(C(=O)O)c(Cl)c(=O)[nH]1. The van der Waals surface area contributed by atoms with E-state index in [1.165, 1.54) is 0 Å². The van der Waals surface area contributed by atoms with Crippen LogP contribution >= 0.6 is 11.6 Å². The number of nitrogens with zero attached hydrogens (tertiary/aromatic N) is 1. The Morgan fingerprint density at radius 3 is 2.75 bits per heavy atom. The summed E-state index contributed by atoms with van der Waals surface area (Å²) in [6.45, 7) is 0. The molecule has 0 saturated heterocycles. The van der Waals surface area contributed by atoms with Crippen molar-refractivity contribution in [1.29, 1.82) is 0 Å². The summed E-state index contributed by atoms with van der Waals surface area (Å²) < 4.78 is 0. The molecule has 64 valence electrons. The van der Waals surface area contributed by atoms with E-state index in [0.29, 0.717) is 0 Å². The minimum Gasteiger partial charge on any atom is -0.476 e. The third kappa shape index (κ3) is 1.37. The topological polar surface area (TPSA) is 109 Å². The maximum Gasteiger partial charge on any atom is 0.356 e. The number of H-pyrrole nitrogens is 1. The van der Waals surface area contributed by atoms with Gasteiger partial charge >= 0.3 is 5.97 Å². The maximum atomic E-state index is 10.8. The van der Waals surface area contributed by atoms with Gasteiger partial charge in [-0.1, -0.05) is 11.6 Å². The summed E-state index contributed by atoms with van der Waals surface area (Å²) in [5.74, 6) is -1.67. The minimum absolute atomic E-state index is 0.276. The number of nitrogen functional groups attached to an aromatic ring is 1. The Balaban J connectivity index is 3.48. The van der Waals surface area contributed by atoms with Gasteiger partial charge in [-0.05, 0) is 0 Å². The molecule has 1 rings (SSSR count). The third-order valence-corrected chi connectivity index (χ3v) is 1.43. The molecule has 0 saturated carbocycles. The molecule has 0 aromatic carbocycles. The molecule has 0 aliphatic carbocycles. The number of aromatic carboxylic acids is 1. The van der Waals surface area contributed by atoms with Gasteiger partial charge in [0.25, 0.3) is 5.56 Å². The molecule has 7 heteroatoms. The van der Waals surface area contributed by atoms with Gasteiger partial charge in [-0.2, -0.15) is 0 Å². The zero-order valence-corrected chi connectivity index (χ0v) is 6.42. The summed E-state index contributed by atoms with van der Waals surface area (Å²) >= 11 is 5.32. The van der Waals surface area contributed by atoms with Crippen LogP contribution in [0.4, 0.5) is 5.95 Å². The first-order valence-electron chi connectivity index (χ1n) is 2.81. The predicted octanol–water partition coefficient (Wildman–Crippen LogP) is -0.296. The molecule has 1 heterocycles. The minimum atomic E-state index is -1.39. The van der Waals surface area contributed by atoms with E-state index < -0.39 is 22.2 Å². The molecule has 1 aromatic heterocycles. The van der Waals surface area contributed by atoms with Crippen LogP contribution in [0.25, 0.3) is 0 Å². The molecule has 0 aliphatic rings. The number of halogens is 1. The monoisotopic (exact) mass is 189 g/mol. The van der Waals surface area contributed by atoms with E-state index >= 15 is 0 Å². The number of rotatable bonds is 1. The summed E-state index contributed by atoms with van der Waals surface area (Å²) in [4.78, 5) is 26.5. The quantitative estimate of drug-likeness (QED) is 0.562. The maximum absolute atomic E-state index is 10.8. The van der Waals surface area contributed by atoms with Crippen molar-refractivity contribution < 1.29 is 9.90 Å². The van der Waals surface area contributed by atoms with Gasteiger partial charge in [0.2, 0.25) is 5.95 Å². The fourth-order valence-electron chi connectivity index (χ4n) is 0.618. The number of carboxylic acid groups (broad SMARTS) is 1. The number of nitrogens with two attached hydrogens (primary N) is 1. The average molecular weight is 190 g/mol. The number of aromatic amines is 1. The highest BCUT2D eigenvalue weighted by molar-refractivity contribution is 6.33. The van der Waals surface area contributed by atoms with Gasteiger partial charge in [0.05, 0.1) is 0 Å². The second-order valence-corrected chi connectivity index (χ2v) is 2.30. The molecule has 6 nitrogen and oxygen atoms in total. The molecule has 0 atom stereocenters. The van der Waals surface area contributed by atoms with Gasteiger partial charge in [-0.25, -0.2) is 9.78 Å². The molecule has 0 unspecified atom stereocenters. The van der Waals surface area contributed by atoms with Crippen molar-refractivity contribution >= 4 is 23.5 Å². The smallest absolute Gasteiger partial charge is 0.356 e. The van der Waals surface area contributed by atoms with E-state index in [1.807, 2.05) is 4.98 Å². The number of anilines is 1. The summed E-state index contributed by atoms with van der Waals surface area (Å²) in [5, 5.41) is 7.98. The Bertz CT molecular complexity index is 386. The van der Waals surface area contributed by atoms with Gasteiger partial charge in [0.1, 0.15) is 5.02 Å². The van der Waals surface area contributed by atoms with E-state index in [1.54, 1.807) is 0 Å². The van der Waals surface area contributed by atoms with E-state index in [0.717, 1.165) is 0 Å². The van der Waals surface area contributed by atoms with Gasteiger partial charge in [0.15, 0.2) is 5.69 Å². The highest BCUT2D eigenvalue weighted by atomic mass is 35.5. The van der Waals surface area contributed by atoms with Gasteiger partial charge in [-0.15, -0.1) is 0 Å². The molecule has 0 radical (unpaired) electrons. The predicted molar refractivity (Wildman–Crippen MR) is 41.2 cm³/mol. The second-order valence-electron chi connectivity index (χ2n) is 1.92. The van der Waals surface area contributed by atoms with Crippen LogP contribution in [0.15, 0.2) is 4.79 Å². The van der Waals surface area contributed by atoms with Gasteiger partial charge < -0.3 is 10.8 Å². The van der Waals surface area contributed by atoms with Crippen LogP contribution < -0.4 is 11.3 Å². The van der Waals surface area contributed by atoms with Crippen molar-refractivity contribution in [3.63, 3.8) is 0 Å². The van der Waals surface area contributed by atoms with E-state index in [4.69, 9.17) is 22.4 Å². The van der Waals surface area contributed by atoms with Crippen LogP contribution in [0.1, 0.15) is 10.5 Å². The van der Waals surface area contributed by atoms with Crippen molar-refractivity contribution in [1.82, 2.24) is 9.97 Å². The summed E-state index contributed by atoms with van der Waals surface area (Å²) in [5.41, 5.74) is 3.77. The molecule has 12 heavy (non-hydrogen) atoms. The molecular weight excluding hydrogens is 186 g/mol. The number of carboxylic acids is 1. The third-order valence-electron chi connectivity index (χ3n) is 1.08. The number of hydrogen-bond donors (Lipinski definition) is 3. The molecule has 0 spiro atoms. The standard InChI is InChI=1S/C5H4ClN3O3/c6-1-2(4(11)12)8-5(7)9-3(1)10/h(H,11,12)(H3,7,8,9,10). The number of nitrogens with one attached hydrogen (secondary N) is 1. The first-order valence-corrected chi connectivity index (χ1v) is 3.18. The van der Waals surface area contributed by atoms with E-state index in [2.05, 4.69) is 4.98 Å². The molecule has 0 bridgehead atoms. The van der Waals surface area contributed by atoms with Crippen LogP contribution in [0, 0.1) is 0 Å². The lowest BCUT2D eigenvalue weighted by Crippen LogP contribution is -2.17. The summed E-state index contributed by atoms with van der Waals surface area (Å²) in [6.07, 6.45) is 0. The molecule has 0 amide bonds. The van der Waals surface area contributed by atoms with Crippen LogP contribution in [-0.2, 0) is 0 Å². The lowest BCUT2D eigenvalue weighted by Gasteiger charge is -1.97. The Hall–Kier alpha value is -1.56. The second kappa shape index (κ2) is 2.82. The Morgan fingerprint density at radius 2 is 2.25 bits per heavy atom. The Kier molecular flexibility index (Phi) is 2.01. The molecule has 1 aromatic rings. The fraction of sp³-hybridized carbons (Fsp3) is 0. The number of carbonyl (C=O) groups is 1. The molecule has 0 fully saturated rings. The fourth-order valence-corrected chi connectivity index (χ4v) is 0.788. The van der Waals surface area contributed by atoms with Gasteiger partial charge in [-0.3, -0.25) is 9.78 Å². The molecule has 0 aliphatic heterocycles. The van der Waals surface area contributed by atoms with E-state index in [9.17, 15) is 9.59 Å². The highest BCUT2D eigenvalue weighted by Crippen LogP contribution is 2.07. The van der Waals surface area contributed by atoms with Gasteiger partial charge in [0, 0.05) is 0 Å². The largest absolute Gasteiger partial charge is 0.476 e. The first kappa shape index (κ1) is 8.54. The molecular formula is C5H4ClN3O3. The normalized spacial score (nSPS) is 9.75.